The first-order valence-corrected chi connectivity index (χ1v) is 57.5. The molecule has 150 heavy (non-hydrogen) atoms. The minimum absolute atomic E-state index is 0.332. The normalized spacial score (nSPS) is 11.0. The van der Waals surface area contributed by atoms with Gasteiger partial charge in [-0.15, -0.1) is 0 Å². The Labute approximate surface area is 935 Å². The number of phenolic OH excluding ortho intramolecular Hbond substituents is 1. The van der Waals surface area contributed by atoms with Crippen LogP contribution in [0.2, 0.25) is 0 Å². The molecule has 0 aliphatic rings. The molecule has 18 heteroatoms. The fourth-order valence-electron chi connectivity index (χ4n) is 19.0. The molecule has 0 spiro atoms. The zero-order chi connectivity index (χ0) is 108. The molecule has 0 fully saturated rings. The monoisotopic (exact) mass is 2350 g/mol. The van der Waals surface area contributed by atoms with Crippen molar-refractivity contribution in [3.05, 3.63) is 467 Å². The molecule has 784 valence electrons. The van der Waals surface area contributed by atoms with Crippen LogP contribution >= 0.6 is 79.6 Å². The van der Waals surface area contributed by atoms with Gasteiger partial charge in [-0.1, -0.05) is 304 Å². The maximum atomic E-state index is 12.1. The van der Waals surface area contributed by atoms with Crippen molar-refractivity contribution in [2.75, 3.05) is 24.9 Å². The topological polar surface area (TPSA) is 88.6 Å². The SMILES string of the molecule is CCCCc1cc(C)c(Br)c(C)c1.CCCCc1cc(C)c(N(c2ccc(Br)cc2)c2ccc(N(c3ccc(Br)cc3)c3c(C)cc(CCCC)cc3C)cc2)c(C)c1.CCCCc1cc(C)c(N(c2ccccc2)c2ccc(N(c3ccccc3)c3c(C)cc(CCCC)cc3C)cc2)c(C)c1.Cc1cc(O)cc(C)c1Br.Cc1cc(OS(=O)(=O)C(F)(F)F)cc(C)c1Br.c1ccc(Cc2ccc(Nc3ccccc3)cc2)cc1. The van der Waals surface area contributed by atoms with Gasteiger partial charge in [-0.2, -0.15) is 21.6 Å². The molecule has 0 radical (unpaired) electrons. The van der Waals surface area contributed by atoms with Gasteiger partial charge in [-0.25, -0.2) is 0 Å². The summed E-state index contributed by atoms with van der Waals surface area (Å²) in [6, 6.07) is 116. The van der Waals surface area contributed by atoms with Gasteiger partial charge in [0.25, 0.3) is 0 Å². The third-order valence-corrected chi connectivity index (χ3v) is 32.0. The summed E-state index contributed by atoms with van der Waals surface area (Å²) in [4.78, 5) is 9.66. The molecule has 16 aromatic carbocycles. The number of nitrogens with zero attached hydrogens (tertiary/aromatic N) is 4. The molecule has 0 aliphatic carbocycles. The van der Waals surface area contributed by atoms with E-state index in [-0.39, 0.29) is 5.75 Å². The van der Waals surface area contributed by atoms with E-state index in [1.54, 1.807) is 26.0 Å². The Morgan fingerprint density at radius 3 is 0.740 bits per heavy atom. The molecule has 0 saturated carbocycles. The quantitative estimate of drug-likeness (QED) is 0.0308. The number of nitrogens with one attached hydrogen (secondary N) is 1. The number of anilines is 14. The molecule has 2 N–H and O–H groups in total. The highest BCUT2D eigenvalue weighted by molar-refractivity contribution is 9.11. The van der Waals surface area contributed by atoms with Gasteiger partial charge in [-0.05, 0) is 454 Å². The lowest BCUT2D eigenvalue weighted by atomic mass is 9.98. The highest BCUT2D eigenvalue weighted by atomic mass is 79.9. The second-order valence-corrected chi connectivity index (χ2v) is 44.7. The third-order valence-electron chi connectivity index (χ3n) is 26.2. The molecule has 0 bridgehead atoms. The van der Waals surface area contributed by atoms with Gasteiger partial charge in [0, 0.05) is 79.2 Å². The van der Waals surface area contributed by atoms with Crippen LogP contribution in [-0.2, 0) is 48.6 Å². The molecule has 16 aromatic rings. The molecule has 16 rings (SSSR count). The summed E-state index contributed by atoms with van der Waals surface area (Å²) in [6.45, 7) is 40.8. The first-order chi connectivity index (χ1) is 71.8. The Bertz CT molecular complexity index is 6690. The average Bonchev–Trinajstić information content (AvgIpc) is 0.768. The standard InChI is InChI=1S/C42H46Br2N2.C42H48N2.C19H17N.C12H17Br.C9H8BrF3O3S.C8H9BrO/c1-7-9-11-33-25-29(3)41(30(4)26-33)45(37-17-13-35(43)14-18-37)39-21-23-40(24-22-39)46(38-19-15-36(44)16-20-38)42-31(5)27-34(12-10-8-2)28-32(42)6;1-7-9-17-35-27-31(3)41(32(4)28-35)43(37-19-13-11-14-20-37)39-23-25-40(26-24-39)44(38-21-15-12-16-22-38)42-33(5)29-36(18-10-8-2)30-34(42)6;1-3-7-16(8-4-1)15-17-11-13-19(14-12-17)20-18-9-5-2-6-10-18;1-4-5-6-11-7-9(2)12(13)10(3)8-11;1-5-3-7(4-6(2)8(5)10)16-17(14,15)9(11,12)13;1-5-3-7(10)4-6(2)8(5)9/h13-28H,7-12H2,1-6H3;11-16,19-30H,7-10,17-18H2,1-6H3;1-14,20H,15H2;7-8H,4-6H2,1-3H3;3-4H,1-2H3;3-4,10H,1-2H3. The van der Waals surface area contributed by atoms with Crippen molar-refractivity contribution in [3.8, 4) is 11.5 Å². The summed E-state index contributed by atoms with van der Waals surface area (Å²) in [5.74, 6) is -0.0290. The van der Waals surface area contributed by atoms with E-state index in [4.69, 9.17) is 5.11 Å². The maximum absolute atomic E-state index is 12.1. The number of alkyl halides is 3. The van der Waals surface area contributed by atoms with Gasteiger partial charge in [0.15, 0.2) is 0 Å². The predicted molar refractivity (Wildman–Crippen MR) is 652 cm³/mol. The van der Waals surface area contributed by atoms with Gasteiger partial charge in [-0.3, -0.25) is 0 Å². The second kappa shape index (κ2) is 57.6. The Kier molecular flexibility index (Phi) is 45.5. The van der Waals surface area contributed by atoms with Crippen molar-refractivity contribution in [3.63, 3.8) is 0 Å². The van der Waals surface area contributed by atoms with Crippen molar-refractivity contribution >= 4 is 169 Å². The van der Waals surface area contributed by atoms with E-state index in [1.165, 1.54) is 216 Å². The van der Waals surface area contributed by atoms with Gasteiger partial charge in [0.2, 0.25) is 0 Å². The lowest BCUT2D eigenvalue weighted by Gasteiger charge is -2.31. The molecule has 0 aliphatic heterocycles. The van der Waals surface area contributed by atoms with Crippen LogP contribution in [0.15, 0.2) is 350 Å². The first-order valence-electron chi connectivity index (χ1n) is 52.2. The number of para-hydroxylation sites is 3. The van der Waals surface area contributed by atoms with Crippen molar-refractivity contribution in [2.24, 2.45) is 0 Å². The van der Waals surface area contributed by atoms with Crippen LogP contribution in [0.25, 0.3) is 0 Å². The Morgan fingerprint density at radius 1 is 0.267 bits per heavy atom. The van der Waals surface area contributed by atoms with E-state index in [0.29, 0.717) is 21.3 Å². The molecule has 9 nitrogen and oxygen atoms in total. The zero-order valence-electron chi connectivity index (χ0n) is 90.4. The highest BCUT2D eigenvalue weighted by Gasteiger charge is 2.48. The van der Waals surface area contributed by atoms with Crippen LogP contribution in [-0.4, -0.2) is 19.0 Å². The van der Waals surface area contributed by atoms with E-state index in [1.807, 2.05) is 32.0 Å². The fourth-order valence-corrected chi connectivity index (χ4v) is 20.7. The van der Waals surface area contributed by atoms with E-state index in [0.717, 1.165) is 102 Å². The Hall–Kier alpha value is -11.7. The molecular weight excluding hydrogens is 2210 g/mol. The van der Waals surface area contributed by atoms with Crippen molar-refractivity contribution in [1.82, 2.24) is 0 Å². The zero-order valence-corrected chi connectivity index (χ0v) is 99.1. The number of phenols is 1. The molecule has 0 aromatic heterocycles. The summed E-state index contributed by atoms with van der Waals surface area (Å²) in [5, 5.41) is 12.5. The van der Waals surface area contributed by atoms with Gasteiger partial charge in [0.1, 0.15) is 11.5 Å². The van der Waals surface area contributed by atoms with Crippen LogP contribution < -0.4 is 29.1 Å². The van der Waals surface area contributed by atoms with Crippen LogP contribution in [0.1, 0.15) is 216 Å². The van der Waals surface area contributed by atoms with Crippen LogP contribution in [0.3, 0.4) is 0 Å². The Balaban J connectivity index is 0.000000186. The van der Waals surface area contributed by atoms with E-state index in [2.05, 4.69) is 498 Å². The number of benzene rings is 16. The first kappa shape index (κ1) is 119. The lowest BCUT2D eigenvalue weighted by molar-refractivity contribution is -0.0500. The smallest absolute Gasteiger partial charge is 0.508 e. The van der Waals surface area contributed by atoms with Crippen LogP contribution in [0, 0.1) is 96.9 Å². The molecule has 0 amide bonds. The predicted octanol–water partition coefficient (Wildman–Crippen LogP) is 42.1. The molecule has 0 atom stereocenters. The van der Waals surface area contributed by atoms with Gasteiger partial charge in [0.05, 0.1) is 22.7 Å². The summed E-state index contributed by atoms with van der Waals surface area (Å²) in [6.07, 6.45) is 19.0. The Morgan fingerprint density at radius 2 is 0.480 bits per heavy atom. The van der Waals surface area contributed by atoms with Crippen molar-refractivity contribution in [2.45, 2.75) is 240 Å². The summed E-state index contributed by atoms with van der Waals surface area (Å²) >= 11 is 17.5. The summed E-state index contributed by atoms with van der Waals surface area (Å²) in [5.41, 5.74) is 37.3. The number of aryl methyl sites for hydroxylation is 19. The third kappa shape index (κ3) is 33.6. The minimum atomic E-state index is -5.61. The molecule has 0 saturated heterocycles. The highest BCUT2D eigenvalue weighted by Crippen LogP contribution is 2.48. The summed E-state index contributed by atoms with van der Waals surface area (Å²) < 4.78 is 67.0. The molecule has 0 heterocycles. The number of unbranched alkanes of at least 4 members (excludes halogenated alkanes) is 5. The largest absolute Gasteiger partial charge is 0.534 e. The van der Waals surface area contributed by atoms with Crippen LogP contribution in [0.4, 0.5) is 92.8 Å². The van der Waals surface area contributed by atoms with E-state index in [9.17, 15) is 21.6 Å². The fraction of sp³-hybridized carbons (Fsp3) is 0.273. The van der Waals surface area contributed by atoms with Gasteiger partial charge < -0.3 is 34.2 Å². The molecular formula is C132H145Br5F3N5O4S. The second-order valence-electron chi connectivity index (χ2n) is 39.0. The van der Waals surface area contributed by atoms with Crippen molar-refractivity contribution in [1.29, 1.82) is 0 Å². The number of hydrogen-bond acceptors (Lipinski definition) is 9. The lowest BCUT2D eigenvalue weighted by Crippen LogP contribution is -2.28. The number of hydrogen-bond donors (Lipinski definition) is 2. The maximum Gasteiger partial charge on any atom is 0.534 e. The van der Waals surface area contributed by atoms with E-state index >= 15 is 0 Å². The number of halogens is 8. The van der Waals surface area contributed by atoms with Gasteiger partial charge >= 0.3 is 15.6 Å². The molecule has 0 unspecified atom stereocenters. The van der Waals surface area contributed by atoms with E-state index < -0.39 is 15.6 Å². The number of aromatic hydroxyl groups is 1. The van der Waals surface area contributed by atoms with Crippen molar-refractivity contribution < 1.29 is 30.9 Å². The average molecular weight is 2350 g/mol. The summed E-state index contributed by atoms with van der Waals surface area (Å²) in [7, 11) is -5.61. The van der Waals surface area contributed by atoms with Crippen LogP contribution in [0.5, 0.6) is 11.5 Å². The minimum Gasteiger partial charge on any atom is -0.508 e. The number of rotatable bonds is 33.